The Hall–Kier alpha value is -2.36. The first kappa shape index (κ1) is 12.7. The van der Waals surface area contributed by atoms with Gasteiger partial charge in [-0.05, 0) is 36.1 Å². The average Bonchev–Trinajstić information content (AvgIpc) is 3.24. The summed E-state index contributed by atoms with van der Waals surface area (Å²) in [6, 6.07) is 14.1. The summed E-state index contributed by atoms with van der Waals surface area (Å²) in [6.45, 7) is 0. The molecule has 1 aliphatic rings. The number of hydrogen-bond donors (Lipinski definition) is 2. The number of anilines is 2. The van der Waals surface area contributed by atoms with Crippen LogP contribution in [0.1, 0.15) is 17.9 Å². The van der Waals surface area contributed by atoms with Gasteiger partial charge in [0.25, 0.3) is 0 Å². The van der Waals surface area contributed by atoms with Gasteiger partial charge in [0.15, 0.2) is 0 Å². The monoisotopic (exact) mass is 270 g/mol. The molecule has 2 aromatic carbocycles. The molecule has 1 fully saturated rings. The Labute approximate surface area is 116 Å². The van der Waals surface area contributed by atoms with E-state index >= 15 is 0 Å². The molecule has 2 aromatic rings. The van der Waals surface area contributed by atoms with Gasteiger partial charge in [0.05, 0.1) is 5.69 Å². The van der Waals surface area contributed by atoms with E-state index in [2.05, 4.69) is 5.32 Å². The fourth-order valence-electron chi connectivity index (χ4n) is 2.42. The summed E-state index contributed by atoms with van der Waals surface area (Å²) in [7, 11) is 0. The highest BCUT2D eigenvalue weighted by Gasteiger charge is 2.43. The standard InChI is InChI=1S/C16H15FN2O/c17-14-7-6-11(18)8-15(14)19-16(20)13-9-12(13)10-4-2-1-3-5-10/h1-8,12-13H,9,18H2,(H,19,20). The van der Waals surface area contributed by atoms with Crippen LogP contribution in [0.25, 0.3) is 0 Å². The molecule has 0 spiro atoms. The molecular weight excluding hydrogens is 255 g/mol. The van der Waals surface area contributed by atoms with E-state index in [0.29, 0.717) is 5.69 Å². The van der Waals surface area contributed by atoms with Gasteiger partial charge in [-0.25, -0.2) is 4.39 Å². The fraction of sp³-hybridized carbons (Fsp3) is 0.188. The first-order valence-electron chi connectivity index (χ1n) is 6.56. The Bertz CT molecular complexity index is 642. The Morgan fingerprint density at radius 1 is 1.20 bits per heavy atom. The van der Waals surface area contributed by atoms with Gasteiger partial charge in [0.1, 0.15) is 5.82 Å². The van der Waals surface area contributed by atoms with Crippen LogP contribution in [0.2, 0.25) is 0 Å². The minimum absolute atomic E-state index is 0.0850. The molecule has 2 unspecified atom stereocenters. The number of halogens is 1. The Balaban J connectivity index is 1.68. The first-order chi connectivity index (χ1) is 9.65. The first-order valence-corrected chi connectivity index (χ1v) is 6.56. The van der Waals surface area contributed by atoms with Crippen LogP contribution in [-0.2, 0) is 4.79 Å². The van der Waals surface area contributed by atoms with E-state index in [1.54, 1.807) is 0 Å². The highest BCUT2D eigenvalue weighted by Crippen LogP contribution is 2.47. The van der Waals surface area contributed by atoms with Crippen molar-refractivity contribution in [3.05, 3.63) is 59.9 Å². The van der Waals surface area contributed by atoms with Gasteiger partial charge >= 0.3 is 0 Å². The Morgan fingerprint density at radius 2 is 1.95 bits per heavy atom. The summed E-state index contributed by atoms with van der Waals surface area (Å²) < 4.78 is 13.6. The van der Waals surface area contributed by atoms with Crippen molar-refractivity contribution in [3.8, 4) is 0 Å². The summed E-state index contributed by atoms with van der Waals surface area (Å²) in [5.74, 6) is -0.466. The molecule has 0 saturated heterocycles. The lowest BCUT2D eigenvalue weighted by molar-refractivity contribution is -0.117. The van der Waals surface area contributed by atoms with Gasteiger partial charge in [-0.3, -0.25) is 4.79 Å². The zero-order valence-corrected chi connectivity index (χ0v) is 10.8. The minimum Gasteiger partial charge on any atom is -0.399 e. The molecule has 1 aliphatic carbocycles. The van der Waals surface area contributed by atoms with Gasteiger partial charge in [-0.2, -0.15) is 0 Å². The van der Waals surface area contributed by atoms with E-state index < -0.39 is 5.82 Å². The Kier molecular flexibility index (Phi) is 3.14. The maximum absolute atomic E-state index is 13.6. The minimum atomic E-state index is -0.468. The van der Waals surface area contributed by atoms with Crippen molar-refractivity contribution in [2.45, 2.75) is 12.3 Å². The number of nitrogens with one attached hydrogen (secondary N) is 1. The van der Waals surface area contributed by atoms with E-state index in [4.69, 9.17) is 5.73 Å². The molecule has 0 heterocycles. The lowest BCUT2D eigenvalue weighted by Gasteiger charge is -2.07. The highest BCUT2D eigenvalue weighted by molar-refractivity contribution is 5.95. The molecular formula is C16H15FN2O. The fourth-order valence-corrected chi connectivity index (χ4v) is 2.42. The highest BCUT2D eigenvalue weighted by atomic mass is 19.1. The van der Waals surface area contributed by atoms with Crippen LogP contribution in [0.4, 0.5) is 15.8 Å². The number of amides is 1. The molecule has 20 heavy (non-hydrogen) atoms. The third kappa shape index (κ3) is 2.50. The topological polar surface area (TPSA) is 55.1 Å². The number of benzene rings is 2. The third-order valence-corrected chi connectivity index (χ3v) is 3.60. The van der Waals surface area contributed by atoms with Crippen molar-refractivity contribution in [2.75, 3.05) is 11.1 Å². The summed E-state index contributed by atoms with van der Waals surface area (Å²) >= 11 is 0. The van der Waals surface area contributed by atoms with Crippen molar-refractivity contribution in [1.29, 1.82) is 0 Å². The number of nitrogens with two attached hydrogens (primary N) is 1. The van der Waals surface area contributed by atoms with Gasteiger partial charge < -0.3 is 11.1 Å². The lowest BCUT2D eigenvalue weighted by Crippen LogP contribution is -2.15. The van der Waals surface area contributed by atoms with Crippen LogP contribution in [-0.4, -0.2) is 5.91 Å². The SMILES string of the molecule is Nc1ccc(F)c(NC(=O)C2CC2c2ccccc2)c1. The van der Waals surface area contributed by atoms with Crippen molar-refractivity contribution in [2.24, 2.45) is 5.92 Å². The predicted octanol–water partition coefficient (Wildman–Crippen LogP) is 3.15. The molecule has 0 radical (unpaired) electrons. The second-order valence-corrected chi connectivity index (χ2v) is 5.09. The summed E-state index contributed by atoms with van der Waals surface area (Å²) in [5.41, 5.74) is 7.32. The lowest BCUT2D eigenvalue weighted by atomic mass is 10.1. The van der Waals surface area contributed by atoms with Gasteiger partial charge in [0.2, 0.25) is 5.91 Å². The second-order valence-electron chi connectivity index (χ2n) is 5.09. The van der Waals surface area contributed by atoms with Crippen molar-refractivity contribution >= 4 is 17.3 Å². The van der Waals surface area contributed by atoms with Crippen LogP contribution in [0.3, 0.4) is 0 Å². The largest absolute Gasteiger partial charge is 0.399 e. The molecule has 3 N–H and O–H groups in total. The van der Waals surface area contributed by atoms with Gasteiger partial charge in [-0.1, -0.05) is 30.3 Å². The van der Waals surface area contributed by atoms with Crippen LogP contribution < -0.4 is 11.1 Å². The molecule has 1 saturated carbocycles. The third-order valence-electron chi connectivity index (χ3n) is 3.60. The quantitative estimate of drug-likeness (QED) is 0.842. The molecule has 0 aliphatic heterocycles. The van der Waals surface area contributed by atoms with E-state index in [1.165, 1.54) is 18.2 Å². The molecule has 102 valence electrons. The summed E-state index contributed by atoms with van der Waals surface area (Å²) in [6.07, 6.45) is 0.805. The molecule has 2 atom stereocenters. The van der Waals surface area contributed by atoms with Crippen molar-refractivity contribution in [3.63, 3.8) is 0 Å². The number of nitrogen functional groups attached to an aromatic ring is 1. The van der Waals surface area contributed by atoms with Crippen molar-refractivity contribution in [1.82, 2.24) is 0 Å². The molecule has 3 rings (SSSR count). The smallest absolute Gasteiger partial charge is 0.228 e. The summed E-state index contributed by atoms with van der Waals surface area (Å²) in [4.78, 5) is 12.1. The average molecular weight is 270 g/mol. The van der Waals surface area contributed by atoms with Crippen LogP contribution in [0.15, 0.2) is 48.5 Å². The van der Waals surface area contributed by atoms with E-state index in [1.807, 2.05) is 30.3 Å². The van der Waals surface area contributed by atoms with Crippen LogP contribution in [0, 0.1) is 11.7 Å². The zero-order chi connectivity index (χ0) is 14.1. The number of carbonyl (C=O) groups is 1. The number of rotatable bonds is 3. The molecule has 0 bridgehead atoms. The van der Waals surface area contributed by atoms with E-state index in [9.17, 15) is 9.18 Å². The maximum atomic E-state index is 13.6. The molecule has 0 aromatic heterocycles. The van der Waals surface area contributed by atoms with Gasteiger partial charge in [-0.15, -0.1) is 0 Å². The van der Waals surface area contributed by atoms with E-state index in [0.717, 1.165) is 12.0 Å². The number of hydrogen-bond acceptors (Lipinski definition) is 2. The van der Waals surface area contributed by atoms with E-state index in [-0.39, 0.29) is 23.4 Å². The number of carbonyl (C=O) groups excluding carboxylic acids is 1. The van der Waals surface area contributed by atoms with Crippen LogP contribution >= 0.6 is 0 Å². The molecule has 4 heteroatoms. The van der Waals surface area contributed by atoms with Crippen molar-refractivity contribution < 1.29 is 9.18 Å². The zero-order valence-electron chi connectivity index (χ0n) is 10.8. The maximum Gasteiger partial charge on any atom is 0.228 e. The Morgan fingerprint density at radius 3 is 2.70 bits per heavy atom. The second kappa shape index (κ2) is 4.96. The van der Waals surface area contributed by atoms with Gasteiger partial charge in [0, 0.05) is 11.6 Å². The molecule has 1 amide bonds. The molecule has 3 nitrogen and oxygen atoms in total. The normalized spacial score (nSPS) is 20.4. The predicted molar refractivity (Wildman–Crippen MR) is 76.7 cm³/mol. The van der Waals surface area contributed by atoms with Crippen LogP contribution in [0.5, 0.6) is 0 Å². The summed E-state index contributed by atoms with van der Waals surface area (Å²) in [5, 5.41) is 2.62.